The van der Waals surface area contributed by atoms with Crippen LogP contribution in [-0.4, -0.2) is 34.5 Å². The van der Waals surface area contributed by atoms with Crippen molar-refractivity contribution < 1.29 is 19.1 Å². The fourth-order valence-corrected chi connectivity index (χ4v) is 3.46. The maximum atomic E-state index is 12.6. The molecular weight excluding hydrogens is 358 g/mol. The Morgan fingerprint density at radius 1 is 1.42 bits per heavy atom. The molecule has 0 spiro atoms. The minimum atomic E-state index is -0.757. The van der Waals surface area contributed by atoms with E-state index < -0.39 is 12.0 Å². The SMILES string of the molecule is NC(=O)c1ccc(NC(=O)N2CCC[C@H]2C[C@@H](O)c2ccco2)cc1Cl. The molecule has 1 aliphatic rings. The molecular formula is C18H20ClN3O4. The standard InChI is InChI=1S/C18H20ClN3O4/c19-14-9-11(5-6-13(14)17(20)24)21-18(25)22-7-1-3-12(22)10-15(23)16-4-2-8-26-16/h2,4-6,8-9,12,15,23H,1,3,7,10H2,(H2,20,24)(H,21,25)/t12-,15+/m0/s1. The van der Waals surface area contributed by atoms with Crippen LogP contribution < -0.4 is 11.1 Å². The van der Waals surface area contributed by atoms with Gasteiger partial charge in [0.1, 0.15) is 11.9 Å². The minimum Gasteiger partial charge on any atom is -0.467 e. The van der Waals surface area contributed by atoms with Gasteiger partial charge in [-0.05, 0) is 43.2 Å². The number of urea groups is 1. The van der Waals surface area contributed by atoms with E-state index in [1.165, 1.54) is 18.4 Å². The van der Waals surface area contributed by atoms with Crippen LogP contribution in [0.3, 0.4) is 0 Å². The summed E-state index contributed by atoms with van der Waals surface area (Å²) in [5.74, 6) is -0.134. The van der Waals surface area contributed by atoms with Crippen molar-refractivity contribution in [3.63, 3.8) is 0 Å². The number of carbonyl (C=O) groups is 2. The van der Waals surface area contributed by atoms with E-state index in [0.29, 0.717) is 24.4 Å². The van der Waals surface area contributed by atoms with Gasteiger partial charge in [0.05, 0.1) is 16.8 Å². The molecule has 4 N–H and O–H groups in total. The van der Waals surface area contributed by atoms with Gasteiger partial charge in [-0.15, -0.1) is 0 Å². The Balaban J connectivity index is 1.65. The molecule has 2 aromatic rings. The van der Waals surface area contributed by atoms with E-state index in [4.69, 9.17) is 21.8 Å². The smallest absolute Gasteiger partial charge is 0.322 e. The monoisotopic (exact) mass is 377 g/mol. The van der Waals surface area contributed by atoms with Gasteiger partial charge >= 0.3 is 6.03 Å². The second-order valence-electron chi connectivity index (χ2n) is 6.25. The Kier molecular flexibility index (Phi) is 5.49. The largest absolute Gasteiger partial charge is 0.467 e. The average molecular weight is 378 g/mol. The molecule has 26 heavy (non-hydrogen) atoms. The number of furan rings is 1. The third-order valence-electron chi connectivity index (χ3n) is 4.49. The second-order valence-corrected chi connectivity index (χ2v) is 6.65. The molecule has 1 aromatic carbocycles. The van der Waals surface area contributed by atoms with Gasteiger partial charge < -0.3 is 25.5 Å². The molecule has 0 radical (unpaired) electrons. The fourth-order valence-electron chi connectivity index (χ4n) is 3.19. The zero-order valence-electron chi connectivity index (χ0n) is 14.0. The summed E-state index contributed by atoms with van der Waals surface area (Å²) >= 11 is 6.01. The fraction of sp³-hybridized carbons (Fsp3) is 0.333. The minimum absolute atomic E-state index is 0.0875. The highest BCUT2D eigenvalue weighted by Crippen LogP contribution is 2.28. The molecule has 0 aliphatic carbocycles. The van der Waals surface area contributed by atoms with Crippen LogP contribution in [0.1, 0.15) is 41.5 Å². The summed E-state index contributed by atoms with van der Waals surface area (Å²) in [6.45, 7) is 0.606. The van der Waals surface area contributed by atoms with Crippen molar-refractivity contribution in [3.8, 4) is 0 Å². The Bertz CT molecular complexity index is 794. The summed E-state index contributed by atoms with van der Waals surface area (Å²) in [7, 11) is 0. The van der Waals surface area contributed by atoms with E-state index in [0.717, 1.165) is 12.8 Å². The van der Waals surface area contributed by atoms with Crippen LogP contribution in [0.4, 0.5) is 10.5 Å². The van der Waals surface area contributed by atoms with Gasteiger partial charge in [0.15, 0.2) is 0 Å². The van der Waals surface area contributed by atoms with Crippen molar-refractivity contribution in [2.24, 2.45) is 5.73 Å². The first-order valence-electron chi connectivity index (χ1n) is 8.34. The molecule has 138 valence electrons. The molecule has 1 saturated heterocycles. The lowest BCUT2D eigenvalue weighted by atomic mass is 10.1. The summed E-state index contributed by atoms with van der Waals surface area (Å²) in [6, 6.07) is 7.61. The van der Waals surface area contributed by atoms with E-state index in [9.17, 15) is 14.7 Å². The Hall–Kier alpha value is -2.51. The number of aliphatic hydroxyl groups is 1. The van der Waals surface area contributed by atoms with Crippen molar-refractivity contribution in [2.45, 2.75) is 31.4 Å². The van der Waals surface area contributed by atoms with Crippen molar-refractivity contribution in [2.75, 3.05) is 11.9 Å². The summed E-state index contributed by atoms with van der Waals surface area (Å²) in [5.41, 5.74) is 5.89. The molecule has 1 aliphatic heterocycles. The summed E-state index contributed by atoms with van der Waals surface area (Å²) < 4.78 is 5.22. The molecule has 0 bridgehead atoms. The number of nitrogens with zero attached hydrogens (tertiary/aromatic N) is 1. The molecule has 2 atom stereocenters. The zero-order valence-corrected chi connectivity index (χ0v) is 14.8. The Labute approximate surface area is 155 Å². The number of nitrogens with two attached hydrogens (primary N) is 1. The lowest BCUT2D eigenvalue weighted by molar-refractivity contribution is 0.1000. The number of aliphatic hydroxyl groups excluding tert-OH is 1. The third-order valence-corrected chi connectivity index (χ3v) is 4.80. The normalized spacial score (nSPS) is 17.9. The number of nitrogens with one attached hydrogen (secondary N) is 1. The summed E-state index contributed by atoms with van der Waals surface area (Å²) in [4.78, 5) is 25.5. The number of benzene rings is 1. The summed E-state index contributed by atoms with van der Waals surface area (Å²) in [5, 5.41) is 13.2. The number of rotatable bonds is 5. The third kappa shape index (κ3) is 4.00. The van der Waals surface area contributed by atoms with E-state index in [-0.39, 0.29) is 22.7 Å². The number of primary amides is 1. The number of likely N-dealkylation sites (tertiary alicyclic amines) is 1. The van der Waals surface area contributed by atoms with Crippen molar-refractivity contribution in [1.82, 2.24) is 4.90 Å². The first kappa shape index (κ1) is 18.3. The zero-order chi connectivity index (χ0) is 18.7. The van der Waals surface area contributed by atoms with E-state index in [2.05, 4.69) is 5.32 Å². The number of anilines is 1. The van der Waals surface area contributed by atoms with Crippen LogP contribution in [0.25, 0.3) is 0 Å². The maximum absolute atomic E-state index is 12.6. The van der Waals surface area contributed by atoms with Crippen LogP contribution in [0.2, 0.25) is 5.02 Å². The van der Waals surface area contributed by atoms with Gasteiger partial charge in [-0.2, -0.15) is 0 Å². The molecule has 2 heterocycles. The van der Waals surface area contributed by atoms with E-state index in [1.807, 2.05) is 0 Å². The predicted molar refractivity (Wildman–Crippen MR) is 97.0 cm³/mol. The highest BCUT2D eigenvalue weighted by Gasteiger charge is 2.31. The van der Waals surface area contributed by atoms with Gasteiger partial charge in [0.2, 0.25) is 5.91 Å². The first-order chi connectivity index (χ1) is 12.5. The van der Waals surface area contributed by atoms with Gasteiger partial charge in [-0.3, -0.25) is 4.79 Å². The molecule has 0 unspecified atom stereocenters. The van der Waals surface area contributed by atoms with Crippen LogP contribution in [0, 0.1) is 0 Å². The van der Waals surface area contributed by atoms with E-state index in [1.54, 1.807) is 23.1 Å². The topological polar surface area (TPSA) is 109 Å². The van der Waals surface area contributed by atoms with Crippen LogP contribution in [0.5, 0.6) is 0 Å². The first-order valence-corrected chi connectivity index (χ1v) is 8.72. The Morgan fingerprint density at radius 2 is 2.23 bits per heavy atom. The Morgan fingerprint density at radius 3 is 2.88 bits per heavy atom. The lowest BCUT2D eigenvalue weighted by Gasteiger charge is -2.26. The van der Waals surface area contributed by atoms with Gasteiger partial charge in [0, 0.05) is 24.7 Å². The number of hydrogen-bond donors (Lipinski definition) is 3. The van der Waals surface area contributed by atoms with Crippen LogP contribution in [-0.2, 0) is 0 Å². The quantitative estimate of drug-likeness (QED) is 0.743. The maximum Gasteiger partial charge on any atom is 0.322 e. The number of amides is 3. The van der Waals surface area contributed by atoms with Crippen molar-refractivity contribution >= 4 is 29.2 Å². The predicted octanol–water partition coefficient (Wildman–Crippen LogP) is 3.15. The summed E-state index contributed by atoms with van der Waals surface area (Å²) in [6.07, 6.45) is 2.84. The second kappa shape index (κ2) is 7.80. The van der Waals surface area contributed by atoms with Crippen LogP contribution >= 0.6 is 11.6 Å². The highest BCUT2D eigenvalue weighted by atomic mass is 35.5. The van der Waals surface area contributed by atoms with Gasteiger partial charge in [-0.1, -0.05) is 11.6 Å². The molecule has 3 amide bonds. The molecule has 1 fully saturated rings. The average Bonchev–Trinajstić information content (AvgIpc) is 3.26. The van der Waals surface area contributed by atoms with Gasteiger partial charge in [-0.25, -0.2) is 4.79 Å². The van der Waals surface area contributed by atoms with Crippen LogP contribution in [0.15, 0.2) is 41.0 Å². The lowest BCUT2D eigenvalue weighted by Crippen LogP contribution is -2.39. The molecule has 1 aromatic heterocycles. The van der Waals surface area contributed by atoms with Crippen molar-refractivity contribution in [1.29, 1.82) is 0 Å². The molecule has 8 heteroatoms. The molecule has 0 saturated carbocycles. The highest BCUT2D eigenvalue weighted by molar-refractivity contribution is 6.34. The van der Waals surface area contributed by atoms with Gasteiger partial charge in [0.25, 0.3) is 0 Å². The van der Waals surface area contributed by atoms with Crippen molar-refractivity contribution in [3.05, 3.63) is 52.9 Å². The number of carbonyl (C=O) groups excluding carboxylic acids is 2. The number of hydrogen-bond acceptors (Lipinski definition) is 4. The molecule has 7 nitrogen and oxygen atoms in total. The number of halogens is 1. The van der Waals surface area contributed by atoms with E-state index >= 15 is 0 Å². The molecule has 3 rings (SSSR count).